The smallest absolute Gasteiger partial charge is 0.273 e. The van der Waals surface area contributed by atoms with Crippen molar-refractivity contribution in [2.45, 2.75) is 13.3 Å². The number of hydrogen-bond donors (Lipinski definition) is 1. The Morgan fingerprint density at radius 3 is 2.55 bits per heavy atom. The van der Waals surface area contributed by atoms with E-state index in [9.17, 15) is 14.9 Å². The minimum atomic E-state index is -0.636. The quantitative estimate of drug-likeness (QED) is 0.521. The minimum Gasteiger partial charge on any atom is -0.388 e. The Morgan fingerprint density at radius 1 is 1.23 bits per heavy atom. The van der Waals surface area contributed by atoms with Crippen molar-refractivity contribution in [1.82, 2.24) is 0 Å². The summed E-state index contributed by atoms with van der Waals surface area (Å²) in [5.41, 5.74) is 2.18. The zero-order chi connectivity index (χ0) is 16.3. The zero-order valence-electron chi connectivity index (χ0n) is 11.9. The van der Waals surface area contributed by atoms with Crippen LogP contribution in [0, 0.1) is 17.0 Å². The molecule has 0 aliphatic rings. The van der Waals surface area contributed by atoms with Gasteiger partial charge < -0.3 is 5.11 Å². The Balaban J connectivity index is 2.48. The molecule has 0 aliphatic carbocycles. The first-order valence-corrected chi connectivity index (χ1v) is 6.96. The topological polar surface area (TPSA) is 80.4 Å². The summed E-state index contributed by atoms with van der Waals surface area (Å²) < 4.78 is 0. The monoisotopic (exact) mass is 319 g/mol. The molecule has 114 valence electrons. The highest BCUT2D eigenvalue weighted by molar-refractivity contribution is 6.31. The molecule has 0 bridgehead atoms. The molecule has 0 spiro atoms. The summed E-state index contributed by atoms with van der Waals surface area (Å²) in [6.45, 7) is 1.14. The Labute approximate surface area is 132 Å². The van der Waals surface area contributed by atoms with Gasteiger partial charge >= 0.3 is 0 Å². The van der Waals surface area contributed by atoms with E-state index < -0.39 is 17.3 Å². The molecule has 0 saturated heterocycles. The highest BCUT2D eigenvalue weighted by atomic mass is 35.5. The molecule has 0 radical (unpaired) electrons. The van der Waals surface area contributed by atoms with Gasteiger partial charge in [0, 0.05) is 28.6 Å². The van der Waals surface area contributed by atoms with Gasteiger partial charge in [-0.3, -0.25) is 14.9 Å². The number of nitro groups is 1. The number of carbonyl (C=O) groups is 1. The molecular weight excluding hydrogens is 306 g/mol. The molecule has 0 aromatic heterocycles. The van der Waals surface area contributed by atoms with Gasteiger partial charge in [-0.25, -0.2) is 0 Å². The lowest BCUT2D eigenvalue weighted by molar-refractivity contribution is -0.385. The van der Waals surface area contributed by atoms with Crippen molar-refractivity contribution in [1.29, 1.82) is 0 Å². The number of benzene rings is 2. The van der Waals surface area contributed by atoms with Crippen LogP contribution in [-0.2, 0) is 6.42 Å². The lowest BCUT2D eigenvalue weighted by atomic mass is 9.96. The van der Waals surface area contributed by atoms with Gasteiger partial charge in [0.1, 0.15) is 6.61 Å². The third kappa shape index (κ3) is 3.50. The summed E-state index contributed by atoms with van der Waals surface area (Å²) in [4.78, 5) is 22.5. The maximum Gasteiger partial charge on any atom is 0.273 e. The summed E-state index contributed by atoms with van der Waals surface area (Å²) in [5.74, 6) is -0.465. The molecule has 0 unspecified atom stereocenters. The molecular formula is C16H14ClNO4. The van der Waals surface area contributed by atoms with E-state index in [2.05, 4.69) is 0 Å². The van der Waals surface area contributed by atoms with E-state index in [1.54, 1.807) is 31.2 Å². The molecule has 5 nitrogen and oxygen atoms in total. The zero-order valence-corrected chi connectivity index (χ0v) is 12.6. The highest BCUT2D eigenvalue weighted by Gasteiger charge is 2.17. The first-order valence-electron chi connectivity index (χ1n) is 6.58. The van der Waals surface area contributed by atoms with Crippen LogP contribution >= 0.6 is 11.6 Å². The molecule has 22 heavy (non-hydrogen) atoms. The predicted molar refractivity (Wildman–Crippen MR) is 83.5 cm³/mol. The Hall–Kier alpha value is -2.24. The molecule has 0 amide bonds. The van der Waals surface area contributed by atoms with Gasteiger partial charge in [-0.1, -0.05) is 29.8 Å². The van der Waals surface area contributed by atoms with E-state index >= 15 is 0 Å². The maximum absolute atomic E-state index is 11.8. The van der Waals surface area contributed by atoms with Crippen LogP contribution in [-0.4, -0.2) is 22.4 Å². The van der Waals surface area contributed by atoms with Crippen LogP contribution in [0.2, 0.25) is 5.02 Å². The van der Waals surface area contributed by atoms with Crippen molar-refractivity contribution in [2.75, 3.05) is 6.61 Å². The Kier molecular flexibility index (Phi) is 4.90. The number of aliphatic hydroxyl groups is 1. The predicted octanol–water partition coefficient (Wildman–Crippen LogP) is 3.32. The average molecular weight is 320 g/mol. The molecule has 1 N–H and O–H groups in total. The number of nitro benzene ring substituents is 1. The fraction of sp³-hybridized carbons (Fsp3) is 0.188. The number of aryl methyl sites for hydroxylation is 1. The molecule has 2 aromatic rings. The van der Waals surface area contributed by atoms with Crippen molar-refractivity contribution < 1.29 is 14.8 Å². The first kappa shape index (κ1) is 16.1. The van der Waals surface area contributed by atoms with Gasteiger partial charge in [-0.2, -0.15) is 0 Å². The number of aliphatic hydroxyl groups excluding tert-OH is 1. The van der Waals surface area contributed by atoms with Crippen molar-refractivity contribution in [3.8, 4) is 0 Å². The molecule has 6 heteroatoms. The number of hydrogen-bond acceptors (Lipinski definition) is 4. The van der Waals surface area contributed by atoms with E-state index in [-0.39, 0.29) is 17.7 Å². The lowest BCUT2D eigenvalue weighted by Gasteiger charge is -2.09. The lowest BCUT2D eigenvalue weighted by Crippen LogP contribution is -2.09. The molecule has 0 fully saturated rings. The largest absolute Gasteiger partial charge is 0.388 e. The van der Waals surface area contributed by atoms with Crippen molar-refractivity contribution in [2.24, 2.45) is 0 Å². The molecule has 0 saturated carbocycles. The van der Waals surface area contributed by atoms with Crippen LogP contribution in [0.3, 0.4) is 0 Å². The van der Waals surface area contributed by atoms with E-state index in [4.69, 9.17) is 16.7 Å². The van der Waals surface area contributed by atoms with Gasteiger partial charge in [0.2, 0.25) is 0 Å². The number of halogens is 1. The fourth-order valence-corrected chi connectivity index (χ4v) is 2.42. The third-order valence-electron chi connectivity index (χ3n) is 3.33. The van der Waals surface area contributed by atoms with Crippen LogP contribution in [0.25, 0.3) is 0 Å². The molecule has 0 aliphatic heterocycles. The highest BCUT2D eigenvalue weighted by Crippen LogP contribution is 2.26. The third-order valence-corrected chi connectivity index (χ3v) is 3.57. The van der Waals surface area contributed by atoms with E-state index in [1.165, 1.54) is 12.1 Å². The number of rotatable bonds is 5. The van der Waals surface area contributed by atoms with Crippen LogP contribution in [0.15, 0.2) is 36.4 Å². The van der Waals surface area contributed by atoms with Gasteiger partial charge in [0.15, 0.2) is 5.78 Å². The van der Waals surface area contributed by atoms with Crippen molar-refractivity contribution in [3.63, 3.8) is 0 Å². The molecule has 2 aromatic carbocycles. The van der Waals surface area contributed by atoms with Crippen molar-refractivity contribution in [3.05, 3.63) is 73.8 Å². The molecule has 0 atom stereocenters. The van der Waals surface area contributed by atoms with Crippen molar-refractivity contribution >= 4 is 23.1 Å². The van der Waals surface area contributed by atoms with E-state index in [0.29, 0.717) is 16.1 Å². The standard InChI is InChI=1S/C16H14ClNO4/c1-10-2-3-12(15(6-10)18(21)22)7-11-4-5-13(17)8-14(11)16(20)9-19/h2-6,8,19H,7,9H2,1H3. The van der Waals surface area contributed by atoms with Crippen LogP contribution in [0.5, 0.6) is 0 Å². The Bertz CT molecular complexity index is 743. The van der Waals surface area contributed by atoms with Gasteiger partial charge in [0.05, 0.1) is 4.92 Å². The van der Waals surface area contributed by atoms with Crippen LogP contribution in [0.1, 0.15) is 27.0 Å². The van der Waals surface area contributed by atoms with Gasteiger partial charge in [-0.05, 0) is 30.2 Å². The molecule has 2 rings (SSSR count). The summed E-state index contributed by atoms with van der Waals surface area (Å²) in [7, 11) is 0. The second-order valence-electron chi connectivity index (χ2n) is 4.95. The second-order valence-corrected chi connectivity index (χ2v) is 5.39. The number of ketones is 1. The summed E-state index contributed by atoms with van der Waals surface area (Å²) in [6, 6.07) is 9.69. The Morgan fingerprint density at radius 2 is 1.91 bits per heavy atom. The van der Waals surface area contributed by atoms with Gasteiger partial charge in [-0.15, -0.1) is 0 Å². The SMILES string of the molecule is Cc1ccc(Cc2ccc(Cl)cc2C(=O)CO)c([N+](=O)[O-])c1. The second kappa shape index (κ2) is 6.68. The summed E-state index contributed by atoms with van der Waals surface area (Å²) in [5, 5.41) is 20.6. The number of carbonyl (C=O) groups excluding carboxylic acids is 1. The fourth-order valence-electron chi connectivity index (χ4n) is 2.25. The first-order chi connectivity index (χ1) is 10.4. The summed E-state index contributed by atoms with van der Waals surface area (Å²) >= 11 is 5.88. The average Bonchev–Trinajstić information content (AvgIpc) is 2.49. The number of Topliss-reactive ketones (excluding diaryl/α,β-unsaturated/α-hetero) is 1. The van der Waals surface area contributed by atoms with Gasteiger partial charge in [0.25, 0.3) is 5.69 Å². The van der Waals surface area contributed by atoms with E-state index in [0.717, 1.165) is 5.56 Å². The van der Waals surface area contributed by atoms with Crippen LogP contribution < -0.4 is 0 Å². The number of nitrogens with zero attached hydrogens (tertiary/aromatic N) is 1. The molecule has 0 heterocycles. The normalized spacial score (nSPS) is 10.5. The maximum atomic E-state index is 11.8. The summed E-state index contributed by atoms with van der Waals surface area (Å²) in [6.07, 6.45) is 0.217. The van der Waals surface area contributed by atoms with Crippen LogP contribution in [0.4, 0.5) is 5.69 Å². The minimum absolute atomic E-state index is 0.0114. The van der Waals surface area contributed by atoms with E-state index in [1.807, 2.05) is 0 Å².